The molecule has 3 amide bonds. The molecule has 0 bridgehead atoms. The lowest BCUT2D eigenvalue weighted by Crippen LogP contribution is -2.46. The number of para-hydroxylation sites is 2. The molecule has 0 radical (unpaired) electrons. The molecule has 2 aromatic carbocycles. The monoisotopic (exact) mass is 451 g/mol. The van der Waals surface area contributed by atoms with Crippen LogP contribution in [0.2, 0.25) is 0 Å². The van der Waals surface area contributed by atoms with Gasteiger partial charge in [0, 0.05) is 11.3 Å². The largest absolute Gasteiger partial charge is 0.495 e. The highest BCUT2D eigenvalue weighted by molar-refractivity contribution is 7.12. The lowest BCUT2D eigenvalue weighted by atomic mass is 10.0. The van der Waals surface area contributed by atoms with E-state index < -0.39 is 6.04 Å². The number of thiophene rings is 1. The summed E-state index contributed by atoms with van der Waals surface area (Å²) in [6.07, 6.45) is 0. The highest BCUT2D eigenvalue weighted by Crippen LogP contribution is 2.24. The summed E-state index contributed by atoms with van der Waals surface area (Å²) in [7, 11) is 1.54. The zero-order valence-corrected chi connectivity index (χ0v) is 18.9. The molecular weight excluding hydrogens is 426 g/mol. The number of nitrogens with one attached hydrogen (secondary N) is 3. The minimum Gasteiger partial charge on any atom is -0.495 e. The Bertz CT molecular complexity index is 1080. The van der Waals surface area contributed by atoms with Crippen LogP contribution in [0.5, 0.6) is 5.75 Å². The van der Waals surface area contributed by atoms with E-state index in [2.05, 4.69) is 16.0 Å². The minimum atomic E-state index is -0.696. The maximum absolute atomic E-state index is 12.8. The van der Waals surface area contributed by atoms with Gasteiger partial charge in [0.25, 0.3) is 11.8 Å². The number of carbonyl (C=O) groups is 3. The third-order valence-electron chi connectivity index (χ3n) is 4.75. The number of hydrogen-bond donors (Lipinski definition) is 3. The van der Waals surface area contributed by atoms with Crippen molar-refractivity contribution in [2.75, 3.05) is 17.7 Å². The normalized spacial score (nSPS) is 11.5. The molecule has 3 aromatic rings. The number of anilines is 2. The summed E-state index contributed by atoms with van der Waals surface area (Å²) in [6, 6.07) is 16.5. The summed E-state index contributed by atoms with van der Waals surface area (Å²) in [5, 5.41) is 10.2. The molecule has 0 aliphatic rings. The lowest BCUT2D eigenvalue weighted by Gasteiger charge is -2.21. The van der Waals surface area contributed by atoms with Gasteiger partial charge in [-0.15, -0.1) is 11.3 Å². The molecule has 0 saturated heterocycles. The molecule has 166 valence electrons. The molecule has 0 fully saturated rings. The van der Waals surface area contributed by atoms with Gasteiger partial charge in [-0.3, -0.25) is 14.4 Å². The van der Waals surface area contributed by atoms with Crippen LogP contribution in [-0.4, -0.2) is 30.9 Å². The Balaban J connectivity index is 1.64. The molecular formula is C24H25N3O4S. The van der Waals surface area contributed by atoms with E-state index in [0.29, 0.717) is 27.6 Å². The SMILES string of the molecule is COc1ccccc1NC(=O)c1ccc(NC(=O)C(NC(=O)c2cccs2)C(C)C)cc1. The summed E-state index contributed by atoms with van der Waals surface area (Å²) in [6.45, 7) is 3.73. The average Bonchev–Trinajstić information content (AvgIpc) is 3.33. The summed E-state index contributed by atoms with van der Waals surface area (Å²) >= 11 is 1.32. The summed E-state index contributed by atoms with van der Waals surface area (Å²) in [5.41, 5.74) is 1.53. The van der Waals surface area contributed by atoms with E-state index in [1.165, 1.54) is 18.4 Å². The Labute approximate surface area is 190 Å². The van der Waals surface area contributed by atoms with E-state index in [9.17, 15) is 14.4 Å². The van der Waals surface area contributed by atoms with Crippen LogP contribution in [0.4, 0.5) is 11.4 Å². The first-order valence-corrected chi connectivity index (χ1v) is 11.0. The Morgan fingerprint density at radius 2 is 1.59 bits per heavy atom. The Morgan fingerprint density at radius 1 is 0.875 bits per heavy atom. The smallest absolute Gasteiger partial charge is 0.262 e. The van der Waals surface area contributed by atoms with Crippen molar-refractivity contribution < 1.29 is 19.1 Å². The van der Waals surface area contributed by atoms with Crippen molar-refractivity contribution in [3.8, 4) is 5.75 Å². The predicted molar refractivity (Wildman–Crippen MR) is 126 cm³/mol. The predicted octanol–water partition coefficient (Wildman–Crippen LogP) is 4.40. The van der Waals surface area contributed by atoms with Crippen molar-refractivity contribution in [1.29, 1.82) is 0 Å². The number of benzene rings is 2. The average molecular weight is 452 g/mol. The third kappa shape index (κ3) is 5.73. The van der Waals surface area contributed by atoms with E-state index in [1.807, 2.05) is 25.3 Å². The van der Waals surface area contributed by atoms with Gasteiger partial charge in [-0.1, -0.05) is 32.0 Å². The molecule has 1 atom stereocenters. The number of ether oxygens (including phenoxy) is 1. The summed E-state index contributed by atoms with van der Waals surface area (Å²) in [4.78, 5) is 38.2. The van der Waals surface area contributed by atoms with Crippen molar-refractivity contribution in [2.45, 2.75) is 19.9 Å². The second-order valence-corrected chi connectivity index (χ2v) is 8.34. The van der Waals surface area contributed by atoms with Crippen LogP contribution >= 0.6 is 11.3 Å². The van der Waals surface area contributed by atoms with Gasteiger partial charge < -0.3 is 20.7 Å². The van der Waals surface area contributed by atoms with Crippen molar-refractivity contribution in [3.63, 3.8) is 0 Å². The van der Waals surface area contributed by atoms with Gasteiger partial charge >= 0.3 is 0 Å². The van der Waals surface area contributed by atoms with Gasteiger partial charge in [0.1, 0.15) is 11.8 Å². The second-order valence-electron chi connectivity index (χ2n) is 7.39. The van der Waals surface area contributed by atoms with E-state index in [4.69, 9.17) is 4.74 Å². The lowest BCUT2D eigenvalue weighted by molar-refractivity contribution is -0.118. The molecule has 3 N–H and O–H groups in total. The van der Waals surface area contributed by atoms with Crippen LogP contribution in [0, 0.1) is 5.92 Å². The summed E-state index contributed by atoms with van der Waals surface area (Å²) < 4.78 is 5.25. The third-order valence-corrected chi connectivity index (χ3v) is 5.62. The number of carbonyl (C=O) groups excluding carboxylic acids is 3. The van der Waals surface area contributed by atoms with Gasteiger partial charge in [0.15, 0.2) is 0 Å². The Kier molecular flexibility index (Phi) is 7.62. The molecule has 1 unspecified atom stereocenters. The van der Waals surface area contributed by atoms with E-state index in [1.54, 1.807) is 54.6 Å². The quantitative estimate of drug-likeness (QED) is 0.473. The molecule has 0 aliphatic heterocycles. The van der Waals surface area contributed by atoms with E-state index in [0.717, 1.165) is 0 Å². The maximum atomic E-state index is 12.8. The molecule has 8 heteroatoms. The zero-order chi connectivity index (χ0) is 23.1. The van der Waals surface area contributed by atoms with E-state index in [-0.39, 0.29) is 23.6 Å². The van der Waals surface area contributed by atoms with Crippen LogP contribution in [0.3, 0.4) is 0 Å². The second kappa shape index (κ2) is 10.6. The van der Waals surface area contributed by atoms with Crippen LogP contribution in [0.1, 0.15) is 33.9 Å². The highest BCUT2D eigenvalue weighted by atomic mass is 32.1. The first-order valence-electron chi connectivity index (χ1n) is 10.1. The Hall–Kier alpha value is -3.65. The van der Waals surface area contributed by atoms with E-state index >= 15 is 0 Å². The number of rotatable bonds is 8. The number of methoxy groups -OCH3 is 1. The minimum absolute atomic E-state index is 0.107. The highest BCUT2D eigenvalue weighted by Gasteiger charge is 2.25. The fraction of sp³-hybridized carbons (Fsp3) is 0.208. The van der Waals surface area contributed by atoms with Gasteiger partial charge in [-0.2, -0.15) is 0 Å². The number of hydrogen-bond acceptors (Lipinski definition) is 5. The fourth-order valence-corrected chi connectivity index (χ4v) is 3.65. The zero-order valence-electron chi connectivity index (χ0n) is 18.0. The topological polar surface area (TPSA) is 96.5 Å². The van der Waals surface area contributed by atoms with Crippen LogP contribution in [-0.2, 0) is 4.79 Å². The molecule has 1 heterocycles. The fourth-order valence-electron chi connectivity index (χ4n) is 3.02. The van der Waals surface area contributed by atoms with Crippen LogP contribution in [0.15, 0.2) is 66.0 Å². The van der Waals surface area contributed by atoms with Gasteiger partial charge in [0.2, 0.25) is 5.91 Å². The van der Waals surface area contributed by atoms with Crippen LogP contribution < -0.4 is 20.7 Å². The standard InChI is InChI=1S/C24H25N3O4S/c1-15(2)21(27-23(29)20-9-6-14-32-20)24(30)25-17-12-10-16(11-13-17)22(28)26-18-7-4-5-8-19(18)31-3/h4-15,21H,1-3H3,(H,25,30)(H,26,28)(H,27,29). The van der Waals surface area contributed by atoms with Gasteiger partial charge in [0.05, 0.1) is 17.7 Å². The van der Waals surface area contributed by atoms with Crippen molar-refractivity contribution in [1.82, 2.24) is 5.32 Å². The van der Waals surface area contributed by atoms with Crippen molar-refractivity contribution >= 4 is 40.4 Å². The molecule has 1 aromatic heterocycles. The summed E-state index contributed by atoms with van der Waals surface area (Å²) in [5.74, 6) is -0.442. The molecule has 3 rings (SSSR count). The van der Waals surface area contributed by atoms with Gasteiger partial charge in [-0.05, 0) is 53.8 Å². The van der Waals surface area contributed by atoms with Crippen molar-refractivity contribution in [3.05, 3.63) is 76.5 Å². The van der Waals surface area contributed by atoms with Crippen LogP contribution in [0.25, 0.3) is 0 Å². The first-order chi connectivity index (χ1) is 15.4. The molecule has 32 heavy (non-hydrogen) atoms. The van der Waals surface area contributed by atoms with Crippen molar-refractivity contribution in [2.24, 2.45) is 5.92 Å². The van der Waals surface area contributed by atoms with Gasteiger partial charge in [-0.25, -0.2) is 0 Å². The molecule has 0 aliphatic carbocycles. The Morgan fingerprint density at radius 3 is 2.22 bits per heavy atom. The molecule has 0 saturated carbocycles. The molecule has 0 spiro atoms. The first kappa shape index (κ1) is 23.0. The maximum Gasteiger partial charge on any atom is 0.262 e. The number of amides is 3. The molecule has 7 nitrogen and oxygen atoms in total.